The first kappa shape index (κ1) is 16.5. The molecule has 0 bridgehead atoms. The first-order valence-electron chi connectivity index (χ1n) is 7.46. The first-order chi connectivity index (χ1) is 10.3. The second-order valence-electron chi connectivity index (χ2n) is 6.26. The van der Waals surface area contributed by atoms with Gasteiger partial charge in [0.25, 0.3) is 5.91 Å². The average molecular weight is 309 g/mol. The molecule has 22 heavy (non-hydrogen) atoms. The summed E-state index contributed by atoms with van der Waals surface area (Å²) in [5, 5.41) is 8.87. The van der Waals surface area contributed by atoms with E-state index in [-0.39, 0.29) is 35.6 Å². The highest BCUT2D eigenvalue weighted by Gasteiger charge is 2.52. The van der Waals surface area contributed by atoms with Crippen molar-refractivity contribution in [2.24, 2.45) is 5.41 Å². The van der Waals surface area contributed by atoms with Crippen LogP contribution in [-0.2, 0) is 16.0 Å². The van der Waals surface area contributed by atoms with Crippen LogP contribution in [-0.4, -0.2) is 47.7 Å². The molecule has 6 nitrogen and oxygen atoms in total. The molecule has 0 aliphatic heterocycles. The van der Waals surface area contributed by atoms with Gasteiger partial charge in [0.15, 0.2) is 0 Å². The average Bonchev–Trinajstić information content (AvgIpc) is 2.88. The fraction of sp³-hybridized carbons (Fsp3) is 0.625. The second-order valence-corrected chi connectivity index (χ2v) is 6.26. The maximum atomic E-state index is 12.6. The number of aliphatic carboxylic acids is 1. The SMILES string of the molecule is CCOC1CC(N(C)C(=O)c2ccoc2CC(=O)O)C1(C)C. The second kappa shape index (κ2) is 6.12. The molecule has 1 aliphatic rings. The zero-order valence-electron chi connectivity index (χ0n) is 13.5. The quantitative estimate of drug-likeness (QED) is 0.871. The third-order valence-electron chi connectivity index (χ3n) is 4.57. The number of furan rings is 1. The van der Waals surface area contributed by atoms with Gasteiger partial charge in [-0.15, -0.1) is 0 Å². The molecule has 0 aromatic carbocycles. The summed E-state index contributed by atoms with van der Waals surface area (Å²) < 4.78 is 10.8. The fourth-order valence-electron chi connectivity index (χ4n) is 3.14. The summed E-state index contributed by atoms with van der Waals surface area (Å²) in [5.41, 5.74) is 0.192. The van der Waals surface area contributed by atoms with E-state index in [9.17, 15) is 9.59 Å². The lowest BCUT2D eigenvalue weighted by molar-refractivity contribution is -0.136. The van der Waals surface area contributed by atoms with Gasteiger partial charge in [-0.25, -0.2) is 0 Å². The van der Waals surface area contributed by atoms with E-state index >= 15 is 0 Å². The Kier molecular flexibility index (Phi) is 4.60. The molecule has 2 rings (SSSR count). The molecule has 1 heterocycles. The van der Waals surface area contributed by atoms with Gasteiger partial charge in [-0.3, -0.25) is 9.59 Å². The molecule has 0 spiro atoms. The molecule has 2 unspecified atom stereocenters. The molecule has 0 saturated heterocycles. The van der Waals surface area contributed by atoms with Gasteiger partial charge in [0.05, 0.1) is 17.9 Å². The number of ether oxygens (including phenoxy) is 1. The van der Waals surface area contributed by atoms with Crippen LogP contribution in [0.25, 0.3) is 0 Å². The minimum Gasteiger partial charge on any atom is -0.481 e. The Balaban J connectivity index is 2.11. The molecule has 6 heteroatoms. The number of nitrogens with zero attached hydrogens (tertiary/aromatic N) is 1. The van der Waals surface area contributed by atoms with Gasteiger partial charge < -0.3 is 19.2 Å². The number of rotatable bonds is 6. The third kappa shape index (κ3) is 2.88. The van der Waals surface area contributed by atoms with Crippen molar-refractivity contribution in [2.45, 2.75) is 45.8 Å². The van der Waals surface area contributed by atoms with Crippen molar-refractivity contribution in [1.82, 2.24) is 4.90 Å². The number of carboxylic acids is 1. The van der Waals surface area contributed by atoms with E-state index in [1.165, 1.54) is 12.3 Å². The number of carbonyl (C=O) groups is 2. The summed E-state index contributed by atoms with van der Waals surface area (Å²) in [4.78, 5) is 25.1. The molecular weight excluding hydrogens is 286 g/mol. The number of carbonyl (C=O) groups excluding carboxylic acids is 1. The smallest absolute Gasteiger partial charge is 0.311 e. The number of hydrogen-bond donors (Lipinski definition) is 1. The van der Waals surface area contributed by atoms with Crippen molar-refractivity contribution in [1.29, 1.82) is 0 Å². The minimum absolute atomic E-state index is 0.0594. The van der Waals surface area contributed by atoms with Gasteiger partial charge in [0, 0.05) is 25.1 Å². The summed E-state index contributed by atoms with van der Waals surface area (Å²) in [6, 6.07) is 1.59. The third-order valence-corrected chi connectivity index (χ3v) is 4.57. The highest BCUT2D eigenvalue weighted by molar-refractivity contribution is 5.96. The number of amides is 1. The lowest BCUT2D eigenvalue weighted by atomic mass is 9.63. The standard InChI is InChI=1S/C16H23NO5/c1-5-21-13-9-12(16(13,2)3)17(4)15(20)10-6-7-22-11(10)8-14(18)19/h6-7,12-13H,5,8-9H2,1-4H3,(H,18,19). The van der Waals surface area contributed by atoms with Crippen LogP contribution < -0.4 is 0 Å². The predicted octanol–water partition coefficient (Wildman–Crippen LogP) is 2.18. The van der Waals surface area contributed by atoms with Crippen LogP contribution in [0.4, 0.5) is 0 Å². The van der Waals surface area contributed by atoms with Crippen LogP contribution in [0.2, 0.25) is 0 Å². The highest BCUT2D eigenvalue weighted by atomic mass is 16.5. The maximum Gasteiger partial charge on any atom is 0.311 e. The van der Waals surface area contributed by atoms with Gasteiger partial charge in [0.1, 0.15) is 12.2 Å². The Hall–Kier alpha value is -1.82. The lowest BCUT2D eigenvalue weighted by Gasteiger charge is -2.54. The maximum absolute atomic E-state index is 12.6. The predicted molar refractivity (Wildman–Crippen MR) is 79.7 cm³/mol. The lowest BCUT2D eigenvalue weighted by Crippen LogP contribution is -2.62. The van der Waals surface area contributed by atoms with Crippen molar-refractivity contribution >= 4 is 11.9 Å². The van der Waals surface area contributed by atoms with Gasteiger partial charge in [-0.2, -0.15) is 0 Å². The molecular formula is C16H23NO5. The molecule has 1 saturated carbocycles. The van der Waals surface area contributed by atoms with Crippen LogP contribution in [0.5, 0.6) is 0 Å². The van der Waals surface area contributed by atoms with Gasteiger partial charge in [0.2, 0.25) is 0 Å². The zero-order valence-corrected chi connectivity index (χ0v) is 13.5. The molecule has 2 atom stereocenters. The van der Waals surface area contributed by atoms with Crippen molar-refractivity contribution < 1.29 is 23.8 Å². The molecule has 1 N–H and O–H groups in total. The van der Waals surface area contributed by atoms with Crippen molar-refractivity contribution in [3.8, 4) is 0 Å². The van der Waals surface area contributed by atoms with E-state index in [1.54, 1.807) is 11.9 Å². The van der Waals surface area contributed by atoms with Gasteiger partial charge in [-0.05, 0) is 19.4 Å². The van der Waals surface area contributed by atoms with Crippen LogP contribution in [0, 0.1) is 5.41 Å². The van der Waals surface area contributed by atoms with Crippen molar-refractivity contribution in [3.05, 3.63) is 23.7 Å². The highest BCUT2D eigenvalue weighted by Crippen LogP contribution is 2.45. The summed E-state index contributed by atoms with van der Waals surface area (Å²) in [7, 11) is 1.74. The number of hydrogen-bond acceptors (Lipinski definition) is 4. The summed E-state index contributed by atoms with van der Waals surface area (Å²) in [6.07, 6.45) is 1.99. The largest absolute Gasteiger partial charge is 0.481 e. The van der Waals surface area contributed by atoms with Crippen molar-refractivity contribution in [2.75, 3.05) is 13.7 Å². The number of carboxylic acid groups (broad SMARTS) is 1. The molecule has 1 aromatic heterocycles. The monoisotopic (exact) mass is 309 g/mol. The Bertz CT molecular complexity index is 563. The Morgan fingerprint density at radius 2 is 2.18 bits per heavy atom. The Morgan fingerprint density at radius 1 is 1.50 bits per heavy atom. The normalized spacial score (nSPS) is 22.9. The Morgan fingerprint density at radius 3 is 2.73 bits per heavy atom. The fourth-order valence-corrected chi connectivity index (χ4v) is 3.14. The van der Waals surface area contributed by atoms with Gasteiger partial charge in [-0.1, -0.05) is 13.8 Å². The van der Waals surface area contributed by atoms with Gasteiger partial charge >= 0.3 is 5.97 Å². The van der Waals surface area contributed by atoms with E-state index in [0.29, 0.717) is 12.2 Å². The van der Waals surface area contributed by atoms with E-state index in [4.69, 9.17) is 14.3 Å². The van der Waals surface area contributed by atoms with E-state index in [0.717, 1.165) is 6.42 Å². The molecule has 1 fully saturated rings. The molecule has 1 aromatic rings. The Labute approximate surface area is 130 Å². The minimum atomic E-state index is -1.02. The van der Waals surface area contributed by atoms with E-state index in [2.05, 4.69) is 13.8 Å². The van der Waals surface area contributed by atoms with E-state index < -0.39 is 5.97 Å². The first-order valence-corrected chi connectivity index (χ1v) is 7.46. The topological polar surface area (TPSA) is 80.0 Å². The molecule has 122 valence electrons. The molecule has 0 radical (unpaired) electrons. The van der Waals surface area contributed by atoms with Crippen LogP contribution in [0.1, 0.15) is 43.3 Å². The molecule has 1 amide bonds. The van der Waals surface area contributed by atoms with Crippen LogP contribution in [0.3, 0.4) is 0 Å². The molecule has 1 aliphatic carbocycles. The van der Waals surface area contributed by atoms with Crippen LogP contribution >= 0.6 is 0 Å². The van der Waals surface area contributed by atoms with Crippen molar-refractivity contribution in [3.63, 3.8) is 0 Å². The van der Waals surface area contributed by atoms with E-state index in [1.807, 2.05) is 6.92 Å². The summed E-state index contributed by atoms with van der Waals surface area (Å²) in [6.45, 7) is 6.78. The summed E-state index contributed by atoms with van der Waals surface area (Å²) in [5.74, 6) is -1.03. The summed E-state index contributed by atoms with van der Waals surface area (Å²) >= 11 is 0. The zero-order chi connectivity index (χ0) is 16.5. The van der Waals surface area contributed by atoms with Crippen LogP contribution in [0.15, 0.2) is 16.7 Å².